The summed E-state index contributed by atoms with van der Waals surface area (Å²) in [5.74, 6) is 2.79. The molecular weight excluding hydrogens is 378 g/mol. The number of hydrogen-bond acceptors (Lipinski definition) is 6. The van der Waals surface area contributed by atoms with Crippen molar-refractivity contribution in [3.05, 3.63) is 22.7 Å². The Bertz CT molecular complexity index is 725. The van der Waals surface area contributed by atoms with Crippen molar-refractivity contribution in [2.75, 3.05) is 53.1 Å². The predicted octanol–water partition coefficient (Wildman–Crippen LogP) is 1.89. The summed E-state index contributed by atoms with van der Waals surface area (Å²) in [6.07, 6.45) is 1.84. The van der Waals surface area contributed by atoms with Crippen molar-refractivity contribution in [2.24, 2.45) is 11.8 Å². The molecule has 7 heteroatoms. The van der Waals surface area contributed by atoms with Crippen LogP contribution in [-0.4, -0.2) is 85.1 Å². The smallest absolute Gasteiger partial charge is 0.231 e. The maximum absolute atomic E-state index is 10.8. The molecule has 0 radical (unpaired) electrons. The minimum atomic E-state index is -0.196. The number of halogens is 1. The van der Waals surface area contributed by atoms with Gasteiger partial charge in [-0.1, -0.05) is 11.6 Å². The van der Waals surface area contributed by atoms with Gasteiger partial charge in [0.15, 0.2) is 11.5 Å². The first-order chi connectivity index (χ1) is 13.6. The second kappa shape index (κ2) is 7.65. The molecular formula is C21H30ClN3O3. The number of likely N-dealkylation sites (N-methyl/N-ethyl adjacent to an activating group) is 1. The summed E-state index contributed by atoms with van der Waals surface area (Å²) in [6, 6.07) is 4.22. The van der Waals surface area contributed by atoms with Crippen molar-refractivity contribution in [3.63, 3.8) is 0 Å². The molecule has 1 aromatic rings. The molecule has 0 unspecified atom stereocenters. The van der Waals surface area contributed by atoms with E-state index in [1.807, 2.05) is 12.1 Å². The van der Waals surface area contributed by atoms with Crippen LogP contribution in [-0.2, 0) is 6.54 Å². The molecule has 0 spiro atoms. The van der Waals surface area contributed by atoms with E-state index in [2.05, 4.69) is 21.7 Å². The zero-order chi connectivity index (χ0) is 19.3. The number of aliphatic hydroxyl groups is 1. The van der Waals surface area contributed by atoms with Crippen LogP contribution in [0.5, 0.6) is 11.5 Å². The highest BCUT2D eigenvalue weighted by molar-refractivity contribution is 6.31. The molecule has 1 aliphatic carbocycles. The fourth-order valence-electron chi connectivity index (χ4n) is 5.50. The van der Waals surface area contributed by atoms with Crippen molar-refractivity contribution in [3.8, 4) is 11.5 Å². The summed E-state index contributed by atoms with van der Waals surface area (Å²) in [4.78, 5) is 7.40. The Hall–Kier alpha value is -1.05. The van der Waals surface area contributed by atoms with Crippen LogP contribution in [0.4, 0.5) is 0 Å². The van der Waals surface area contributed by atoms with Crippen LogP contribution in [0.1, 0.15) is 18.4 Å². The molecule has 4 aliphatic rings. The molecule has 4 atom stereocenters. The standard InChI is InChI=1S/C21H30ClN3O3/c1-23-2-4-25(5-3-23)18-6-14-10-24(11-15(14)7-19(18)26)12-16-8-20-21(9-17(16)22)28-13-27-20/h8-9,14-15,18-19,26H,2-7,10-13H2,1H3/t14-,15+,18-,19-/m1/s1. The van der Waals surface area contributed by atoms with Gasteiger partial charge in [0.2, 0.25) is 6.79 Å². The molecule has 0 amide bonds. The highest BCUT2D eigenvalue weighted by Crippen LogP contribution is 2.41. The first-order valence-electron chi connectivity index (χ1n) is 10.5. The monoisotopic (exact) mass is 407 g/mol. The molecule has 5 rings (SSSR count). The highest BCUT2D eigenvalue weighted by atomic mass is 35.5. The third kappa shape index (κ3) is 3.61. The van der Waals surface area contributed by atoms with Gasteiger partial charge < -0.3 is 19.5 Å². The van der Waals surface area contributed by atoms with E-state index in [4.69, 9.17) is 21.1 Å². The lowest BCUT2D eigenvalue weighted by molar-refractivity contribution is -0.0249. The second-order valence-electron chi connectivity index (χ2n) is 8.96. The summed E-state index contributed by atoms with van der Waals surface area (Å²) in [5.41, 5.74) is 1.10. The second-order valence-corrected chi connectivity index (χ2v) is 9.36. The Kier molecular flexibility index (Phi) is 5.18. The van der Waals surface area contributed by atoms with Gasteiger partial charge in [-0.3, -0.25) is 9.80 Å². The molecule has 1 N–H and O–H groups in total. The molecule has 3 heterocycles. The van der Waals surface area contributed by atoms with Gasteiger partial charge in [-0.05, 0) is 43.4 Å². The average Bonchev–Trinajstić information content (AvgIpc) is 3.27. The number of hydrogen-bond donors (Lipinski definition) is 1. The van der Waals surface area contributed by atoms with Gasteiger partial charge in [-0.2, -0.15) is 0 Å². The van der Waals surface area contributed by atoms with E-state index in [0.29, 0.717) is 17.9 Å². The van der Waals surface area contributed by atoms with Crippen molar-refractivity contribution in [1.29, 1.82) is 0 Å². The highest BCUT2D eigenvalue weighted by Gasteiger charge is 2.43. The Labute approximate surface area is 171 Å². The van der Waals surface area contributed by atoms with Crippen LogP contribution in [0.3, 0.4) is 0 Å². The third-order valence-electron chi connectivity index (χ3n) is 7.13. The van der Waals surface area contributed by atoms with E-state index in [1.165, 1.54) is 0 Å². The largest absolute Gasteiger partial charge is 0.454 e. The van der Waals surface area contributed by atoms with Crippen molar-refractivity contribution in [1.82, 2.24) is 14.7 Å². The lowest BCUT2D eigenvalue weighted by Gasteiger charge is -2.44. The van der Waals surface area contributed by atoms with E-state index in [0.717, 1.165) is 80.7 Å². The van der Waals surface area contributed by atoms with Gasteiger partial charge >= 0.3 is 0 Å². The minimum absolute atomic E-state index is 0.196. The summed E-state index contributed by atoms with van der Waals surface area (Å²) in [5, 5.41) is 11.6. The third-order valence-corrected chi connectivity index (χ3v) is 7.48. The number of benzene rings is 1. The van der Waals surface area contributed by atoms with E-state index in [1.54, 1.807) is 0 Å². The molecule has 28 heavy (non-hydrogen) atoms. The Morgan fingerprint density at radius 1 is 1.04 bits per heavy atom. The summed E-state index contributed by atoms with van der Waals surface area (Å²) in [6.45, 7) is 7.59. The van der Waals surface area contributed by atoms with E-state index in [9.17, 15) is 5.11 Å². The van der Waals surface area contributed by atoms with Gasteiger partial charge in [0, 0.05) is 62.9 Å². The zero-order valence-electron chi connectivity index (χ0n) is 16.5. The fraction of sp³-hybridized carbons (Fsp3) is 0.714. The van der Waals surface area contributed by atoms with Crippen LogP contribution in [0, 0.1) is 11.8 Å². The van der Waals surface area contributed by atoms with Crippen LogP contribution >= 0.6 is 11.6 Å². The Morgan fingerprint density at radius 3 is 2.46 bits per heavy atom. The maximum Gasteiger partial charge on any atom is 0.231 e. The molecule has 1 saturated carbocycles. The van der Waals surface area contributed by atoms with E-state index in [-0.39, 0.29) is 12.9 Å². The Morgan fingerprint density at radius 2 is 1.71 bits per heavy atom. The minimum Gasteiger partial charge on any atom is -0.454 e. The van der Waals surface area contributed by atoms with Gasteiger partial charge in [0.25, 0.3) is 0 Å². The number of nitrogens with zero attached hydrogens (tertiary/aromatic N) is 3. The maximum atomic E-state index is 10.8. The molecule has 2 saturated heterocycles. The normalized spacial score (nSPS) is 34.0. The van der Waals surface area contributed by atoms with Crippen molar-refractivity contribution in [2.45, 2.75) is 31.5 Å². The molecule has 6 nitrogen and oxygen atoms in total. The van der Waals surface area contributed by atoms with Gasteiger partial charge in [0.05, 0.1) is 6.10 Å². The van der Waals surface area contributed by atoms with Crippen LogP contribution < -0.4 is 9.47 Å². The Balaban J connectivity index is 1.23. The molecule has 1 aromatic carbocycles. The number of piperazine rings is 1. The lowest BCUT2D eigenvalue weighted by atomic mass is 9.77. The number of likely N-dealkylation sites (tertiary alicyclic amines) is 1. The average molecular weight is 408 g/mol. The first kappa shape index (κ1) is 18.9. The van der Waals surface area contributed by atoms with Gasteiger partial charge in [-0.25, -0.2) is 0 Å². The number of aliphatic hydroxyl groups excluding tert-OH is 1. The first-order valence-corrected chi connectivity index (χ1v) is 10.9. The lowest BCUT2D eigenvalue weighted by Crippen LogP contribution is -2.55. The van der Waals surface area contributed by atoms with Crippen LogP contribution in [0.25, 0.3) is 0 Å². The topological polar surface area (TPSA) is 48.4 Å². The molecule has 3 aliphatic heterocycles. The van der Waals surface area contributed by atoms with Crippen LogP contribution in [0.2, 0.25) is 5.02 Å². The van der Waals surface area contributed by atoms with Crippen LogP contribution in [0.15, 0.2) is 12.1 Å². The van der Waals surface area contributed by atoms with E-state index < -0.39 is 0 Å². The molecule has 0 aromatic heterocycles. The summed E-state index contributed by atoms with van der Waals surface area (Å²) < 4.78 is 10.9. The van der Waals surface area contributed by atoms with Crippen molar-refractivity contribution < 1.29 is 14.6 Å². The van der Waals surface area contributed by atoms with Gasteiger partial charge in [0.1, 0.15) is 0 Å². The fourth-order valence-corrected chi connectivity index (χ4v) is 5.71. The predicted molar refractivity (Wildman–Crippen MR) is 108 cm³/mol. The van der Waals surface area contributed by atoms with E-state index >= 15 is 0 Å². The zero-order valence-corrected chi connectivity index (χ0v) is 17.3. The SMILES string of the molecule is CN1CCN([C@@H]2C[C@@H]3CN(Cc4cc5c(cc4Cl)OCO5)C[C@@H]3C[C@H]2O)CC1. The summed E-state index contributed by atoms with van der Waals surface area (Å²) >= 11 is 6.49. The van der Waals surface area contributed by atoms with Crippen molar-refractivity contribution >= 4 is 11.6 Å². The molecule has 0 bridgehead atoms. The number of fused-ring (bicyclic) bond motifs is 2. The quantitative estimate of drug-likeness (QED) is 0.825. The molecule has 3 fully saturated rings. The molecule has 154 valence electrons. The van der Waals surface area contributed by atoms with Gasteiger partial charge in [-0.15, -0.1) is 0 Å². The summed E-state index contributed by atoms with van der Waals surface area (Å²) in [7, 11) is 2.18. The number of ether oxygens (including phenoxy) is 2. The number of rotatable bonds is 3.